The number of carboxylic acids is 1. The van der Waals surface area contributed by atoms with Gasteiger partial charge in [-0.1, -0.05) is 6.92 Å². The van der Waals surface area contributed by atoms with Crippen LogP contribution in [0.15, 0.2) is 23.1 Å². The smallest absolute Gasteiger partial charge is 0.303 e. The summed E-state index contributed by atoms with van der Waals surface area (Å²) in [5, 5.41) is 21.7. The Morgan fingerprint density at radius 1 is 1.48 bits per heavy atom. The van der Waals surface area contributed by atoms with Gasteiger partial charge in [0.25, 0.3) is 11.2 Å². The van der Waals surface area contributed by atoms with Crippen LogP contribution in [-0.2, 0) is 16.1 Å². The number of hydrogen-bond donors (Lipinski definition) is 2. The zero-order valence-corrected chi connectivity index (χ0v) is 11.3. The maximum atomic E-state index is 11.6. The molecule has 114 valence electrons. The zero-order valence-electron chi connectivity index (χ0n) is 11.3. The summed E-state index contributed by atoms with van der Waals surface area (Å²) >= 11 is 0. The molecule has 0 bridgehead atoms. The van der Waals surface area contributed by atoms with Gasteiger partial charge in [-0.15, -0.1) is 0 Å². The maximum Gasteiger partial charge on any atom is 0.303 e. The van der Waals surface area contributed by atoms with E-state index >= 15 is 0 Å². The molecule has 2 N–H and O–H groups in total. The molecule has 1 rings (SSSR count). The summed E-state index contributed by atoms with van der Waals surface area (Å²) in [6.45, 7) is 1.45. The molecule has 0 spiro atoms. The van der Waals surface area contributed by atoms with Gasteiger partial charge in [-0.05, 0) is 5.92 Å². The molecule has 1 amide bonds. The first-order chi connectivity index (χ1) is 9.79. The first kappa shape index (κ1) is 16.3. The molecule has 0 aliphatic rings. The number of aromatic nitrogens is 1. The minimum absolute atomic E-state index is 0.0863. The second-order valence-corrected chi connectivity index (χ2v) is 4.62. The van der Waals surface area contributed by atoms with Crippen LogP contribution in [-0.4, -0.2) is 33.0 Å². The molecule has 0 aromatic carbocycles. The minimum atomic E-state index is -0.966. The Balaban J connectivity index is 2.63. The van der Waals surface area contributed by atoms with E-state index in [1.165, 1.54) is 0 Å². The Bertz CT molecular complexity index is 609. The summed E-state index contributed by atoms with van der Waals surface area (Å²) in [5.74, 6) is -1.74. The number of nitrogens with zero attached hydrogens (tertiary/aromatic N) is 2. The molecule has 0 saturated carbocycles. The molecule has 0 saturated heterocycles. The van der Waals surface area contributed by atoms with Crippen LogP contribution in [0.4, 0.5) is 5.69 Å². The molecule has 1 heterocycles. The van der Waals surface area contributed by atoms with Crippen LogP contribution in [0.1, 0.15) is 13.3 Å². The van der Waals surface area contributed by atoms with E-state index in [1.54, 1.807) is 6.92 Å². The van der Waals surface area contributed by atoms with Crippen molar-refractivity contribution in [1.82, 2.24) is 9.88 Å². The summed E-state index contributed by atoms with van der Waals surface area (Å²) in [4.78, 5) is 43.6. The standard InChI is InChI=1S/C12H15N3O6/c1-8(4-12(18)19)5-13-10(16)7-14-6-9(15(20)21)2-3-11(14)17/h2-3,6,8H,4-5,7H2,1H3,(H,13,16)(H,18,19). The first-order valence-corrected chi connectivity index (χ1v) is 6.13. The van der Waals surface area contributed by atoms with Crippen LogP contribution in [0.3, 0.4) is 0 Å². The minimum Gasteiger partial charge on any atom is -0.481 e. The molecule has 0 aliphatic carbocycles. The number of carbonyl (C=O) groups is 2. The molecule has 21 heavy (non-hydrogen) atoms. The third kappa shape index (κ3) is 5.43. The number of nitrogens with one attached hydrogen (secondary N) is 1. The van der Waals surface area contributed by atoms with Crippen molar-refractivity contribution in [3.8, 4) is 0 Å². The predicted octanol–water partition coefficient (Wildman–Crippen LogP) is -0.0165. The SMILES string of the molecule is CC(CNC(=O)Cn1cc([N+](=O)[O-])ccc1=O)CC(=O)O. The summed E-state index contributed by atoms with van der Waals surface area (Å²) in [5.41, 5.74) is -0.823. The normalized spacial score (nSPS) is 11.7. The molecule has 9 heteroatoms. The lowest BCUT2D eigenvalue weighted by Crippen LogP contribution is -2.34. The van der Waals surface area contributed by atoms with E-state index in [0.717, 1.165) is 22.9 Å². The predicted molar refractivity (Wildman–Crippen MR) is 71.8 cm³/mol. The lowest BCUT2D eigenvalue weighted by molar-refractivity contribution is -0.385. The number of nitro groups is 1. The van der Waals surface area contributed by atoms with Crippen molar-refractivity contribution < 1.29 is 19.6 Å². The summed E-state index contributed by atoms with van der Waals surface area (Å²) in [7, 11) is 0. The molecule has 1 aromatic rings. The van der Waals surface area contributed by atoms with E-state index in [4.69, 9.17) is 5.11 Å². The van der Waals surface area contributed by atoms with Gasteiger partial charge in [0, 0.05) is 25.1 Å². The fraction of sp³-hybridized carbons (Fsp3) is 0.417. The van der Waals surface area contributed by atoms with Crippen molar-refractivity contribution in [1.29, 1.82) is 0 Å². The highest BCUT2D eigenvalue weighted by atomic mass is 16.6. The summed E-state index contributed by atoms with van der Waals surface area (Å²) in [6.07, 6.45) is 0.902. The summed E-state index contributed by atoms with van der Waals surface area (Å²) in [6, 6.07) is 2.07. The molecule has 0 aliphatic heterocycles. The Morgan fingerprint density at radius 3 is 2.71 bits per heavy atom. The maximum absolute atomic E-state index is 11.6. The number of carboxylic acid groups (broad SMARTS) is 1. The van der Waals surface area contributed by atoms with Gasteiger partial charge in [-0.3, -0.25) is 29.1 Å². The van der Waals surface area contributed by atoms with E-state index < -0.39 is 22.4 Å². The Labute approximate surface area is 119 Å². The Hall–Kier alpha value is -2.71. The fourth-order valence-electron chi connectivity index (χ4n) is 1.62. The van der Waals surface area contributed by atoms with Crippen molar-refractivity contribution in [3.05, 3.63) is 38.8 Å². The molecule has 0 fully saturated rings. The fourth-order valence-corrected chi connectivity index (χ4v) is 1.62. The lowest BCUT2D eigenvalue weighted by Gasteiger charge is -2.11. The van der Waals surface area contributed by atoms with E-state index in [0.29, 0.717) is 0 Å². The van der Waals surface area contributed by atoms with Crippen LogP contribution >= 0.6 is 0 Å². The molecule has 9 nitrogen and oxygen atoms in total. The van der Waals surface area contributed by atoms with Gasteiger partial charge < -0.3 is 10.4 Å². The topological polar surface area (TPSA) is 132 Å². The van der Waals surface area contributed by atoms with E-state index in [1.807, 2.05) is 0 Å². The largest absolute Gasteiger partial charge is 0.481 e. The molecular formula is C12H15N3O6. The van der Waals surface area contributed by atoms with Gasteiger partial charge in [0.1, 0.15) is 6.54 Å². The number of pyridine rings is 1. The van der Waals surface area contributed by atoms with Crippen LogP contribution < -0.4 is 10.9 Å². The Morgan fingerprint density at radius 2 is 2.14 bits per heavy atom. The number of hydrogen-bond acceptors (Lipinski definition) is 5. The third-order valence-corrected chi connectivity index (χ3v) is 2.66. The molecule has 1 unspecified atom stereocenters. The van der Waals surface area contributed by atoms with Crippen molar-refractivity contribution >= 4 is 17.6 Å². The molecular weight excluding hydrogens is 282 g/mol. The highest BCUT2D eigenvalue weighted by molar-refractivity contribution is 5.75. The van der Waals surface area contributed by atoms with E-state index in [-0.39, 0.29) is 31.1 Å². The van der Waals surface area contributed by atoms with Crippen molar-refractivity contribution in [2.24, 2.45) is 5.92 Å². The van der Waals surface area contributed by atoms with Crippen LogP contribution in [0.25, 0.3) is 0 Å². The van der Waals surface area contributed by atoms with Crippen LogP contribution in [0.2, 0.25) is 0 Å². The van der Waals surface area contributed by atoms with Gasteiger partial charge >= 0.3 is 5.97 Å². The van der Waals surface area contributed by atoms with Gasteiger partial charge in [0.05, 0.1) is 11.1 Å². The lowest BCUT2D eigenvalue weighted by atomic mass is 10.1. The van der Waals surface area contributed by atoms with Gasteiger partial charge in [-0.2, -0.15) is 0 Å². The molecule has 0 radical (unpaired) electrons. The average Bonchev–Trinajstić information content (AvgIpc) is 2.38. The summed E-state index contributed by atoms with van der Waals surface area (Å²) < 4.78 is 0.926. The number of carbonyl (C=O) groups excluding carboxylic acids is 1. The van der Waals surface area contributed by atoms with E-state index in [2.05, 4.69) is 5.32 Å². The number of rotatable bonds is 7. The van der Waals surface area contributed by atoms with Crippen molar-refractivity contribution in [2.45, 2.75) is 19.9 Å². The van der Waals surface area contributed by atoms with Crippen LogP contribution in [0.5, 0.6) is 0 Å². The zero-order chi connectivity index (χ0) is 16.0. The first-order valence-electron chi connectivity index (χ1n) is 6.13. The number of amides is 1. The third-order valence-electron chi connectivity index (χ3n) is 2.66. The van der Waals surface area contributed by atoms with Crippen LogP contribution in [0, 0.1) is 16.0 Å². The van der Waals surface area contributed by atoms with Crippen molar-refractivity contribution in [3.63, 3.8) is 0 Å². The second-order valence-electron chi connectivity index (χ2n) is 4.62. The second kappa shape index (κ2) is 7.17. The van der Waals surface area contributed by atoms with E-state index in [9.17, 15) is 24.5 Å². The van der Waals surface area contributed by atoms with Gasteiger partial charge in [0.15, 0.2) is 0 Å². The quantitative estimate of drug-likeness (QED) is 0.537. The highest BCUT2D eigenvalue weighted by Crippen LogP contribution is 2.06. The Kier molecular flexibility index (Phi) is 5.58. The molecule has 1 aromatic heterocycles. The van der Waals surface area contributed by atoms with Gasteiger partial charge in [0.2, 0.25) is 5.91 Å². The monoisotopic (exact) mass is 297 g/mol. The van der Waals surface area contributed by atoms with Gasteiger partial charge in [-0.25, -0.2) is 0 Å². The average molecular weight is 297 g/mol. The number of aliphatic carboxylic acids is 1. The highest BCUT2D eigenvalue weighted by Gasteiger charge is 2.12. The molecule has 1 atom stereocenters. The van der Waals surface area contributed by atoms with Crippen molar-refractivity contribution in [2.75, 3.05) is 6.54 Å².